The second-order valence-corrected chi connectivity index (χ2v) is 7.56. The van der Waals surface area contributed by atoms with Gasteiger partial charge in [-0.25, -0.2) is 8.42 Å². The molecule has 1 N–H and O–H groups in total. The Labute approximate surface area is 133 Å². The van der Waals surface area contributed by atoms with Crippen LogP contribution in [0.3, 0.4) is 0 Å². The number of rotatable bonds is 6. The highest BCUT2D eigenvalue weighted by Gasteiger charge is 2.31. The van der Waals surface area contributed by atoms with Crippen LogP contribution in [-0.2, 0) is 10.0 Å². The molecule has 2 rings (SSSR count). The SMILES string of the molecule is Cc1ccc(S(=O)(=O)N(CCCC#N)C2CCNCC2)cc1. The average Bonchev–Trinajstić information content (AvgIpc) is 2.52. The van der Waals surface area contributed by atoms with Gasteiger partial charge < -0.3 is 5.32 Å². The van der Waals surface area contributed by atoms with Gasteiger partial charge in [0.05, 0.1) is 11.0 Å². The topological polar surface area (TPSA) is 73.2 Å². The van der Waals surface area contributed by atoms with E-state index in [1.807, 2.05) is 19.1 Å². The molecule has 1 aliphatic rings. The van der Waals surface area contributed by atoms with Gasteiger partial charge >= 0.3 is 0 Å². The summed E-state index contributed by atoms with van der Waals surface area (Å²) in [6, 6.07) is 9.09. The van der Waals surface area contributed by atoms with Crippen LogP contribution in [0.25, 0.3) is 0 Å². The number of hydrogen-bond donors (Lipinski definition) is 1. The normalized spacial score (nSPS) is 16.6. The van der Waals surface area contributed by atoms with Gasteiger partial charge in [-0.2, -0.15) is 9.57 Å². The van der Waals surface area contributed by atoms with Crippen molar-refractivity contribution in [1.29, 1.82) is 5.26 Å². The van der Waals surface area contributed by atoms with Gasteiger partial charge in [-0.1, -0.05) is 17.7 Å². The molecule has 0 bridgehead atoms. The van der Waals surface area contributed by atoms with E-state index in [4.69, 9.17) is 5.26 Å². The fourth-order valence-electron chi connectivity index (χ4n) is 2.75. The van der Waals surface area contributed by atoms with Crippen LogP contribution in [0.2, 0.25) is 0 Å². The Morgan fingerprint density at radius 2 is 1.91 bits per heavy atom. The van der Waals surface area contributed by atoms with Gasteiger partial charge in [0.1, 0.15) is 0 Å². The Bertz CT molecular complexity index is 614. The Hall–Kier alpha value is -1.42. The average molecular weight is 321 g/mol. The molecule has 1 heterocycles. The first-order valence-electron chi connectivity index (χ1n) is 7.72. The summed E-state index contributed by atoms with van der Waals surface area (Å²) in [5.41, 5.74) is 1.04. The van der Waals surface area contributed by atoms with Crippen molar-refractivity contribution in [2.75, 3.05) is 19.6 Å². The minimum atomic E-state index is -3.50. The van der Waals surface area contributed by atoms with Crippen molar-refractivity contribution in [1.82, 2.24) is 9.62 Å². The molecule has 22 heavy (non-hydrogen) atoms. The molecule has 0 spiro atoms. The quantitative estimate of drug-likeness (QED) is 0.814. The molecule has 0 aromatic heterocycles. The van der Waals surface area contributed by atoms with E-state index in [0.717, 1.165) is 31.5 Å². The van der Waals surface area contributed by atoms with Crippen molar-refractivity contribution in [3.8, 4) is 6.07 Å². The van der Waals surface area contributed by atoms with Crippen molar-refractivity contribution < 1.29 is 8.42 Å². The van der Waals surface area contributed by atoms with Crippen LogP contribution in [0.1, 0.15) is 31.2 Å². The van der Waals surface area contributed by atoms with E-state index >= 15 is 0 Å². The summed E-state index contributed by atoms with van der Waals surface area (Å²) in [6.07, 6.45) is 2.59. The molecule has 5 nitrogen and oxygen atoms in total. The summed E-state index contributed by atoms with van der Waals surface area (Å²) in [7, 11) is -3.50. The lowest BCUT2D eigenvalue weighted by Crippen LogP contribution is -2.46. The molecule has 1 aliphatic heterocycles. The summed E-state index contributed by atoms with van der Waals surface area (Å²) >= 11 is 0. The van der Waals surface area contributed by atoms with E-state index in [1.165, 1.54) is 0 Å². The van der Waals surface area contributed by atoms with Crippen LogP contribution in [0, 0.1) is 18.3 Å². The summed E-state index contributed by atoms with van der Waals surface area (Å²) in [6.45, 7) is 4.02. The van der Waals surface area contributed by atoms with Crippen molar-refractivity contribution in [3.63, 3.8) is 0 Å². The Balaban J connectivity index is 2.25. The molecule has 1 aromatic rings. The third-order valence-corrected chi connectivity index (χ3v) is 5.98. The molecule has 0 saturated carbocycles. The lowest BCUT2D eigenvalue weighted by atomic mass is 10.1. The highest BCUT2D eigenvalue weighted by molar-refractivity contribution is 7.89. The van der Waals surface area contributed by atoms with Gasteiger partial charge in [0, 0.05) is 19.0 Å². The molecule has 1 saturated heterocycles. The van der Waals surface area contributed by atoms with E-state index in [9.17, 15) is 8.42 Å². The number of sulfonamides is 1. The Morgan fingerprint density at radius 1 is 1.27 bits per heavy atom. The van der Waals surface area contributed by atoms with E-state index in [-0.39, 0.29) is 6.04 Å². The molecule has 6 heteroatoms. The van der Waals surface area contributed by atoms with Gasteiger partial charge in [0.15, 0.2) is 0 Å². The molecule has 0 atom stereocenters. The van der Waals surface area contributed by atoms with E-state index in [2.05, 4.69) is 11.4 Å². The highest BCUT2D eigenvalue weighted by Crippen LogP contribution is 2.23. The van der Waals surface area contributed by atoms with Crippen molar-refractivity contribution in [2.24, 2.45) is 0 Å². The predicted molar refractivity (Wildman–Crippen MR) is 85.8 cm³/mol. The predicted octanol–water partition coefficient (Wildman–Crippen LogP) is 2.04. The van der Waals surface area contributed by atoms with Crippen molar-refractivity contribution in [3.05, 3.63) is 29.8 Å². The first kappa shape index (κ1) is 16.9. The molecule has 1 fully saturated rings. The first-order valence-corrected chi connectivity index (χ1v) is 9.16. The smallest absolute Gasteiger partial charge is 0.243 e. The van der Waals surface area contributed by atoms with Crippen LogP contribution in [0.5, 0.6) is 0 Å². The standard InChI is InChI=1S/C16H23N3O2S/c1-14-4-6-16(7-5-14)22(20,21)19(13-3-2-10-17)15-8-11-18-12-9-15/h4-7,15,18H,2-3,8-9,11-13H2,1H3. The van der Waals surface area contributed by atoms with Gasteiger partial charge in [0.2, 0.25) is 10.0 Å². The molecular formula is C16H23N3O2S. The molecule has 1 aromatic carbocycles. The number of piperidine rings is 1. The third-order valence-electron chi connectivity index (χ3n) is 4.01. The van der Waals surface area contributed by atoms with E-state index < -0.39 is 10.0 Å². The number of hydrogen-bond acceptors (Lipinski definition) is 4. The van der Waals surface area contributed by atoms with Crippen LogP contribution in [0.15, 0.2) is 29.2 Å². The molecular weight excluding hydrogens is 298 g/mol. The second-order valence-electron chi connectivity index (χ2n) is 5.67. The number of nitrogens with zero attached hydrogens (tertiary/aromatic N) is 2. The fourth-order valence-corrected chi connectivity index (χ4v) is 4.48. The highest BCUT2D eigenvalue weighted by atomic mass is 32.2. The zero-order valence-electron chi connectivity index (χ0n) is 13.0. The number of aryl methyl sites for hydroxylation is 1. The minimum Gasteiger partial charge on any atom is -0.317 e. The first-order chi connectivity index (χ1) is 10.6. The summed E-state index contributed by atoms with van der Waals surface area (Å²) in [4.78, 5) is 0.341. The maximum absolute atomic E-state index is 13.0. The molecule has 120 valence electrons. The minimum absolute atomic E-state index is 0.0197. The fraction of sp³-hybridized carbons (Fsp3) is 0.562. The van der Waals surface area contributed by atoms with Crippen LogP contribution >= 0.6 is 0 Å². The lowest BCUT2D eigenvalue weighted by Gasteiger charge is -2.33. The summed E-state index contributed by atoms with van der Waals surface area (Å²) in [5, 5.41) is 12.0. The van der Waals surface area contributed by atoms with Gasteiger partial charge in [-0.05, 0) is 51.4 Å². The number of nitriles is 1. The molecule has 0 aliphatic carbocycles. The zero-order valence-corrected chi connectivity index (χ0v) is 13.8. The number of benzene rings is 1. The van der Waals surface area contributed by atoms with E-state index in [0.29, 0.717) is 24.3 Å². The second kappa shape index (κ2) is 7.73. The summed E-state index contributed by atoms with van der Waals surface area (Å²) in [5.74, 6) is 0. The zero-order chi connectivity index (χ0) is 16.0. The molecule has 0 radical (unpaired) electrons. The number of nitrogens with one attached hydrogen (secondary N) is 1. The summed E-state index contributed by atoms with van der Waals surface area (Å²) < 4.78 is 27.5. The monoisotopic (exact) mass is 321 g/mol. The van der Waals surface area contributed by atoms with Crippen LogP contribution < -0.4 is 5.32 Å². The van der Waals surface area contributed by atoms with Crippen molar-refractivity contribution in [2.45, 2.75) is 43.5 Å². The Kier molecular flexibility index (Phi) is 5.95. The molecule has 0 amide bonds. The van der Waals surface area contributed by atoms with E-state index in [1.54, 1.807) is 16.4 Å². The molecule has 0 unspecified atom stereocenters. The van der Waals surface area contributed by atoms with Crippen LogP contribution in [-0.4, -0.2) is 38.4 Å². The number of unbranched alkanes of at least 4 members (excludes halogenated alkanes) is 1. The van der Waals surface area contributed by atoms with Gasteiger partial charge in [0.25, 0.3) is 0 Å². The maximum Gasteiger partial charge on any atom is 0.243 e. The maximum atomic E-state index is 13.0. The Morgan fingerprint density at radius 3 is 2.50 bits per heavy atom. The third kappa shape index (κ3) is 4.07. The van der Waals surface area contributed by atoms with Gasteiger partial charge in [-0.15, -0.1) is 0 Å². The van der Waals surface area contributed by atoms with Crippen LogP contribution in [0.4, 0.5) is 0 Å². The van der Waals surface area contributed by atoms with Crippen molar-refractivity contribution >= 4 is 10.0 Å². The largest absolute Gasteiger partial charge is 0.317 e. The van der Waals surface area contributed by atoms with Gasteiger partial charge in [-0.3, -0.25) is 0 Å². The lowest BCUT2D eigenvalue weighted by molar-refractivity contribution is 0.260.